The Kier molecular flexibility index (Phi) is 3.24. The van der Waals surface area contributed by atoms with Gasteiger partial charge in [-0.05, 0) is 32.9 Å². The SMILES string of the molecule is CC1=C(C)[C@]2(C)[C@@H]3C(=O)N(c4ccccc4)C(=O)[C@@H]3[C@@]1(C)C2(C)C1=NCCO1. The van der Waals surface area contributed by atoms with E-state index in [1.54, 1.807) is 0 Å². The van der Waals surface area contributed by atoms with Gasteiger partial charge in [-0.1, -0.05) is 43.2 Å². The zero-order valence-electron chi connectivity index (χ0n) is 17.1. The van der Waals surface area contributed by atoms with Crippen LogP contribution < -0.4 is 4.90 Å². The fraction of sp³-hybridized carbons (Fsp3) is 0.522. The average Bonchev–Trinajstić information content (AvgIpc) is 3.37. The summed E-state index contributed by atoms with van der Waals surface area (Å²) in [6.45, 7) is 11.9. The minimum Gasteiger partial charge on any atom is -0.479 e. The van der Waals surface area contributed by atoms with Crippen LogP contribution in [0.25, 0.3) is 0 Å². The lowest BCUT2D eigenvalue weighted by Gasteiger charge is -2.45. The Balaban J connectivity index is 1.74. The summed E-state index contributed by atoms with van der Waals surface area (Å²) in [7, 11) is 0. The van der Waals surface area contributed by atoms with E-state index in [0.717, 1.165) is 5.90 Å². The van der Waals surface area contributed by atoms with Gasteiger partial charge in [0.15, 0.2) is 5.90 Å². The number of allylic oxidation sites excluding steroid dienone is 2. The largest absolute Gasteiger partial charge is 0.479 e. The van der Waals surface area contributed by atoms with Gasteiger partial charge in [0.1, 0.15) is 6.61 Å². The molecule has 1 saturated heterocycles. The molecule has 1 aromatic rings. The van der Waals surface area contributed by atoms with Crippen LogP contribution in [0.5, 0.6) is 0 Å². The molecule has 2 aliphatic carbocycles. The maximum Gasteiger partial charge on any atom is 0.238 e. The second-order valence-corrected chi connectivity index (χ2v) is 9.12. The average molecular weight is 378 g/mol. The van der Waals surface area contributed by atoms with Crippen LogP contribution in [0.3, 0.4) is 0 Å². The topological polar surface area (TPSA) is 59.0 Å². The Morgan fingerprint density at radius 2 is 1.50 bits per heavy atom. The van der Waals surface area contributed by atoms with Crippen molar-refractivity contribution in [2.45, 2.75) is 34.6 Å². The molecule has 28 heavy (non-hydrogen) atoms. The van der Waals surface area contributed by atoms with Gasteiger partial charge >= 0.3 is 0 Å². The van der Waals surface area contributed by atoms with Gasteiger partial charge in [0, 0.05) is 10.8 Å². The molecule has 4 aliphatic rings. The lowest BCUT2D eigenvalue weighted by Crippen LogP contribution is -2.50. The van der Waals surface area contributed by atoms with Gasteiger partial charge in [-0.3, -0.25) is 14.6 Å². The maximum absolute atomic E-state index is 13.7. The standard InChI is InChI=1S/C23H26N2O3/c1-13-14(2)22(4)17-16(21(13,3)23(22,5)20-24-11-12-28-20)18(26)25(19(17)27)15-9-7-6-8-10-15/h6-10,16-17H,11-12H2,1-5H3/t16-,17+,21+,22-,23?. The quantitative estimate of drug-likeness (QED) is 0.584. The van der Waals surface area contributed by atoms with Gasteiger partial charge in [-0.2, -0.15) is 0 Å². The normalized spacial score (nSPS) is 41.6. The molecule has 5 nitrogen and oxygen atoms in total. The van der Waals surface area contributed by atoms with Crippen LogP contribution in [0, 0.1) is 28.1 Å². The van der Waals surface area contributed by atoms with Crippen molar-refractivity contribution in [1.82, 2.24) is 0 Å². The number of hydrogen-bond acceptors (Lipinski definition) is 4. The van der Waals surface area contributed by atoms with E-state index in [4.69, 9.17) is 4.74 Å². The van der Waals surface area contributed by atoms with Crippen LogP contribution >= 0.6 is 0 Å². The molecule has 1 saturated carbocycles. The van der Waals surface area contributed by atoms with Crippen molar-refractivity contribution in [3.05, 3.63) is 41.5 Å². The lowest BCUT2D eigenvalue weighted by atomic mass is 9.59. The predicted molar refractivity (Wildman–Crippen MR) is 107 cm³/mol. The number of carbonyl (C=O) groups is 2. The van der Waals surface area contributed by atoms with Gasteiger partial charge in [-0.15, -0.1) is 0 Å². The molecule has 0 aromatic heterocycles. The number of rotatable bonds is 2. The van der Waals surface area contributed by atoms with Gasteiger partial charge < -0.3 is 4.74 Å². The minimum absolute atomic E-state index is 0.0934. The molecular formula is C23H26N2O3. The molecule has 0 N–H and O–H groups in total. The molecule has 0 radical (unpaired) electrons. The summed E-state index contributed by atoms with van der Waals surface area (Å²) in [6.07, 6.45) is 0. The number of hydrogen-bond donors (Lipinski definition) is 0. The van der Waals surface area contributed by atoms with Gasteiger partial charge in [0.25, 0.3) is 0 Å². The van der Waals surface area contributed by atoms with E-state index in [-0.39, 0.29) is 11.8 Å². The number of ether oxygens (including phenoxy) is 1. The lowest BCUT2D eigenvalue weighted by molar-refractivity contribution is -0.125. The zero-order valence-corrected chi connectivity index (χ0v) is 17.1. The summed E-state index contributed by atoms with van der Waals surface area (Å²) in [5.41, 5.74) is 1.55. The number of fused-ring (bicyclic) bond motifs is 5. The van der Waals surface area contributed by atoms with Gasteiger partial charge in [-0.25, -0.2) is 4.90 Å². The van der Waals surface area contributed by atoms with Gasteiger partial charge in [0.05, 0.1) is 29.5 Å². The second-order valence-electron chi connectivity index (χ2n) is 9.12. The number of carbonyl (C=O) groups excluding carboxylic acids is 2. The van der Waals surface area contributed by atoms with Crippen LogP contribution in [0.15, 0.2) is 46.5 Å². The van der Waals surface area contributed by atoms with E-state index in [0.29, 0.717) is 18.8 Å². The fourth-order valence-electron chi connectivity index (χ4n) is 6.90. The highest BCUT2D eigenvalue weighted by Gasteiger charge is 2.83. The smallest absolute Gasteiger partial charge is 0.238 e. The number of aliphatic imine (C=N–C) groups is 1. The first-order valence-corrected chi connectivity index (χ1v) is 10.0. The molecule has 2 amide bonds. The number of para-hydroxylation sites is 1. The van der Waals surface area contributed by atoms with E-state index in [1.807, 2.05) is 30.3 Å². The van der Waals surface area contributed by atoms with Crippen molar-refractivity contribution < 1.29 is 14.3 Å². The maximum atomic E-state index is 13.7. The number of benzene rings is 1. The monoisotopic (exact) mass is 378 g/mol. The summed E-state index contributed by atoms with van der Waals surface area (Å²) in [5, 5.41) is 0. The summed E-state index contributed by atoms with van der Waals surface area (Å²) in [4.78, 5) is 33.5. The number of nitrogens with zero attached hydrogens (tertiary/aromatic N) is 2. The highest BCUT2D eigenvalue weighted by Crippen LogP contribution is 2.80. The van der Waals surface area contributed by atoms with E-state index in [2.05, 4.69) is 39.6 Å². The van der Waals surface area contributed by atoms with E-state index >= 15 is 0 Å². The zero-order chi connectivity index (χ0) is 20.1. The molecule has 2 bridgehead atoms. The molecule has 5 heteroatoms. The van der Waals surface area contributed by atoms with E-state index in [9.17, 15) is 9.59 Å². The summed E-state index contributed by atoms with van der Waals surface area (Å²) in [6, 6.07) is 9.29. The minimum atomic E-state index is -0.506. The molecule has 5 rings (SSSR count). The van der Waals surface area contributed by atoms with Crippen LogP contribution in [0.1, 0.15) is 34.6 Å². The summed E-state index contributed by atoms with van der Waals surface area (Å²) >= 11 is 0. The van der Waals surface area contributed by atoms with Crippen LogP contribution in [0.2, 0.25) is 0 Å². The van der Waals surface area contributed by atoms with Crippen molar-refractivity contribution in [1.29, 1.82) is 0 Å². The predicted octanol–water partition coefficient (Wildman–Crippen LogP) is 3.60. The molecule has 2 fully saturated rings. The van der Waals surface area contributed by atoms with Crippen LogP contribution in [0.4, 0.5) is 5.69 Å². The van der Waals surface area contributed by atoms with E-state index < -0.39 is 28.1 Å². The van der Waals surface area contributed by atoms with Crippen molar-refractivity contribution in [3.8, 4) is 0 Å². The Morgan fingerprint density at radius 1 is 0.964 bits per heavy atom. The summed E-state index contributed by atoms with van der Waals surface area (Å²) < 4.78 is 5.98. The van der Waals surface area contributed by atoms with E-state index in [1.165, 1.54) is 16.0 Å². The van der Waals surface area contributed by atoms with Crippen molar-refractivity contribution in [3.63, 3.8) is 0 Å². The molecule has 1 unspecified atom stereocenters. The number of amides is 2. The first kappa shape index (κ1) is 17.7. The third-order valence-electron chi connectivity index (χ3n) is 8.78. The van der Waals surface area contributed by atoms with Gasteiger partial charge in [0.2, 0.25) is 11.8 Å². The third-order valence-corrected chi connectivity index (χ3v) is 8.78. The molecular weight excluding hydrogens is 352 g/mol. The van der Waals surface area contributed by atoms with Crippen LogP contribution in [-0.4, -0.2) is 30.9 Å². The third kappa shape index (κ3) is 1.53. The van der Waals surface area contributed by atoms with Crippen LogP contribution in [-0.2, 0) is 14.3 Å². The molecule has 2 heterocycles. The molecule has 0 spiro atoms. The number of imide groups is 1. The number of anilines is 1. The van der Waals surface area contributed by atoms with Crippen molar-refractivity contribution >= 4 is 23.4 Å². The molecule has 1 aromatic carbocycles. The highest BCUT2D eigenvalue weighted by molar-refractivity contribution is 6.24. The Hall–Kier alpha value is -2.43. The molecule has 5 atom stereocenters. The first-order chi connectivity index (χ1) is 13.2. The Labute approximate surface area is 165 Å². The molecule has 2 aliphatic heterocycles. The Bertz CT molecular complexity index is 935. The second kappa shape index (κ2) is 5.13. The Morgan fingerprint density at radius 3 is 1.96 bits per heavy atom. The fourth-order valence-corrected chi connectivity index (χ4v) is 6.90. The van der Waals surface area contributed by atoms with Crippen molar-refractivity contribution in [2.75, 3.05) is 18.1 Å². The highest BCUT2D eigenvalue weighted by atomic mass is 16.5. The molecule has 146 valence electrons. The van der Waals surface area contributed by atoms with Crippen molar-refractivity contribution in [2.24, 2.45) is 33.1 Å². The first-order valence-electron chi connectivity index (χ1n) is 10.0. The summed E-state index contributed by atoms with van der Waals surface area (Å²) in [5.74, 6) is -0.264.